The summed E-state index contributed by atoms with van der Waals surface area (Å²) in [4.78, 5) is 23.5. The first kappa shape index (κ1) is 21.1. The molecule has 29 heavy (non-hydrogen) atoms. The van der Waals surface area contributed by atoms with Crippen LogP contribution in [0.3, 0.4) is 0 Å². The van der Waals surface area contributed by atoms with Crippen molar-refractivity contribution in [2.75, 3.05) is 24.5 Å². The Morgan fingerprint density at radius 1 is 1.17 bits per heavy atom. The molecule has 0 spiro atoms. The molecule has 156 valence electrons. The molecule has 0 unspecified atom stereocenters. The SMILES string of the molecule is CCc1ccc(Oc2nccnc2N2CCC(C(=O)NCCC(C)C)CC2)cc1. The van der Waals surface area contributed by atoms with Crippen molar-refractivity contribution in [1.29, 1.82) is 0 Å². The Bertz CT molecular complexity index is 784. The van der Waals surface area contributed by atoms with Crippen molar-refractivity contribution in [3.8, 4) is 11.6 Å². The lowest BCUT2D eigenvalue weighted by atomic mass is 9.96. The Hall–Kier alpha value is -2.63. The lowest BCUT2D eigenvalue weighted by Crippen LogP contribution is -2.41. The average Bonchev–Trinajstić information content (AvgIpc) is 2.74. The van der Waals surface area contributed by atoms with Gasteiger partial charge in [0, 0.05) is 37.9 Å². The van der Waals surface area contributed by atoms with Gasteiger partial charge in [-0.15, -0.1) is 0 Å². The van der Waals surface area contributed by atoms with Crippen molar-refractivity contribution in [2.45, 2.75) is 46.5 Å². The molecule has 6 heteroatoms. The molecule has 1 amide bonds. The van der Waals surface area contributed by atoms with Crippen LogP contribution in [-0.2, 0) is 11.2 Å². The summed E-state index contributed by atoms with van der Waals surface area (Å²) in [6.07, 6.45) is 6.98. The minimum atomic E-state index is 0.0704. The van der Waals surface area contributed by atoms with Crippen LogP contribution in [0.15, 0.2) is 36.7 Å². The summed E-state index contributed by atoms with van der Waals surface area (Å²) >= 11 is 0. The zero-order valence-corrected chi connectivity index (χ0v) is 17.7. The molecule has 0 saturated carbocycles. The normalized spacial score (nSPS) is 14.8. The number of carbonyl (C=O) groups excluding carboxylic acids is 1. The Kier molecular flexibility index (Phi) is 7.44. The molecule has 6 nitrogen and oxygen atoms in total. The number of carbonyl (C=O) groups is 1. The molecule has 1 aromatic carbocycles. The van der Waals surface area contributed by atoms with E-state index in [1.165, 1.54) is 5.56 Å². The number of hydrogen-bond acceptors (Lipinski definition) is 5. The number of aromatic nitrogens is 2. The van der Waals surface area contributed by atoms with Gasteiger partial charge in [-0.25, -0.2) is 9.97 Å². The number of aryl methyl sites for hydroxylation is 1. The van der Waals surface area contributed by atoms with Crippen LogP contribution in [0.1, 0.15) is 45.6 Å². The van der Waals surface area contributed by atoms with Gasteiger partial charge in [0.25, 0.3) is 5.88 Å². The fourth-order valence-corrected chi connectivity index (χ4v) is 3.49. The van der Waals surface area contributed by atoms with Crippen LogP contribution < -0.4 is 15.0 Å². The second kappa shape index (κ2) is 10.2. The van der Waals surface area contributed by atoms with Gasteiger partial charge in [0.15, 0.2) is 5.82 Å². The molecule has 0 aliphatic carbocycles. The highest BCUT2D eigenvalue weighted by atomic mass is 16.5. The highest BCUT2D eigenvalue weighted by Crippen LogP contribution is 2.31. The molecule has 1 aromatic heterocycles. The standard InChI is InChI=1S/C23H32N4O2/c1-4-18-5-7-20(8-6-18)29-23-21(24-13-14-26-23)27-15-10-19(11-16-27)22(28)25-12-9-17(2)3/h5-8,13-14,17,19H,4,9-12,15-16H2,1-3H3,(H,25,28). The van der Waals surface area contributed by atoms with Gasteiger partial charge in [0.1, 0.15) is 5.75 Å². The summed E-state index contributed by atoms with van der Waals surface area (Å²) in [5, 5.41) is 3.08. The molecule has 1 aliphatic rings. The third-order valence-electron chi connectivity index (χ3n) is 5.38. The van der Waals surface area contributed by atoms with E-state index < -0.39 is 0 Å². The Morgan fingerprint density at radius 2 is 1.86 bits per heavy atom. The van der Waals surface area contributed by atoms with Crippen LogP contribution in [0.5, 0.6) is 11.6 Å². The molecular weight excluding hydrogens is 364 g/mol. The highest BCUT2D eigenvalue weighted by Gasteiger charge is 2.27. The second-order valence-corrected chi connectivity index (χ2v) is 8.02. The van der Waals surface area contributed by atoms with E-state index in [9.17, 15) is 4.79 Å². The van der Waals surface area contributed by atoms with Crippen LogP contribution in [0.2, 0.25) is 0 Å². The van der Waals surface area contributed by atoms with E-state index in [2.05, 4.69) is 53.1 Å². The molecule has 1 aliphatic heterocycles. The van der Waals surface area contributed by atoms with Gasteiger partial charge in [0.2, 0.25) is 5.91 Å². The number of anilines is 1. The van der Waals surface area contributed by atoms with Crippen LogP contribution in [0, 0.1) is 11.8 Å². The smallest absolute Gasteiger partial charge is 0.263 e. The highest BCUT2D eigenvalue weighted by molar-refractivity contribution is 5.79. The zero-order valence-electron chi connectivity index (χ0n) is 17.7. The van der Waals surface area contributed by atoms with Crippen LogP contribution in [-0.4, -0.2) is 35.5 Å². The van der Waals surface area contributed by atoms with Crippen molar-refractivity contribution in [3.63, 3.8) is 0 Å². The lowest BCUT2D eigenvalue weighted by molar-refractivity contribution is -0.125. The van der Waals surface area contributed by atoms with E-state index in [-0.39, 0.29) is 11.8 Å². The van der Waals surface area contributed by atoms with Crippen molar-refractivity contribution in [1.82, 2.24) is 15.3 Å². The van der Waals surface area contributed by atoms with E-state index in [1.807, 2.05) is 12.1 Å². The van der Waals surface area contributed by atoms with Gasteiger partial charge >= 0.3 is 0 Å². The van der Waals surface area contributed by atoms with E-state index in [1.54, 1.807) is 12.4 Å². The molecule has 0 bridgehead atoms. The first-order chi connectivity index (χ1) is 14.1. The maximum absolute atomic E-state index is 12.4. The number of nitrogens with zero attached hydrogens (tertiary/aromatic N) is 3. The fourth-order valence-electron chi connectivity index (χ4n) is 3.49. The summed E-state index contributed by atoms with van der Waals surface area (Å²) < 4.78 is 6.02. The van der Waals surface area contributed by atoms with E-state index in [0.29, 0.717) is 11.8 Å². The minimum Gasteiger partial charge on any atom is -0.436 e. The van der Waals surface area contributed by atoms with Gasteiger partial charge in [-0.3, -0.25) is 4.79 Å². The molecule has 3 rings (SSSR count). The molecule has 0 atom stereocenters. The van der Waals surface area contributed by atoms with Crippen LogP contribution in [0.25, 0.3) is 0 Å². The number of benzene rings is 1. The lowest BCUT2D eigenvalue weighted by Gasteiger charge is -2.32. The van der Waals surface area contributed by atoms with Gasteiger partial charge in [0.05, 0.1) is 0 Å². The number of rotatable bonds is 8. The first-order valence-corrected chi connectivity index (χ1v) is 10.7. The Morgan fingerprint density at radius 3 is 2.52 bits per heavy atom. The van der Waals surface area contributed by atoms with Crippen LogP contribution >= 0.6 is 0 Å². The number of nitrogens with one attached hydrogen (secondary N) is 1. The maximum atomic E-state index is 12.4. The molecule has 1 N–H and O–H groups in total. The molecule has 2 heterocycles. The van der Waals surface area contributed by atoms with Crippen molar-refractivity contribution in [3.05, 3.63) is 42.2 Å². The van der Waals surface area contributed by atoms with Gasteiger partial charge in [-0.2, -0.15) is 0 Å². The molecule has 0 radical (unpaired) electrons. The van der Waals surface area contributed by atoms with E-state index in [4.69, 9.17) is 4.74 Å². The zero-order chi connectivity index (χ0) is 20.6. The number of amides is 1. The Balaban J connectivity index is 1.58. The summed E-state index contributed by atoms with van der Waals surface area (Å²) in [5.74, 6) is 2.86. The second-order valence-electron chi connectivity index (χ2n) is 8.02. The number of piperidine rings is 1. The molecule has 2 aromatic rings. The van der Waals surface area contributed by atoms with Gasteiger partial charge < -0.3 is 15.0 Å². The van der Waals surface area contributed by atoms with Crippen molar-refractivity contribution in [2.24, 2.45) is 11.8 Å². The first-order valence-electron chi connectivity index (χ1n) is 10.7. The predicted molar refractivity (Wildman–Crippen MR) is 115 cm³/mol. The van der Waals surface area contributed by atoms with Gasteiger partial charge in [-0.1, -0.05) is 32.9 Å². The summed E-state index contributed by atoms with van der Waals surface area (Å²) in [6.45, 7) is 8.77. The summed E-state index contributed by atoms with van der Waals surface area (Å²) in [5.41, 5.74) is 1.27. The quantitative estimate of drug-likeness (QED) is 0.724. The number of ether oxygens (including phenoxy) is 1. The Labute approximate surface area is 173 Å². The monoisotopic (exact) mass is 396 g/mol. The van der Waals surface area contributed by atoms with Crippen molar-refractivity contribution < 1.29 is 9.53 Å². The van der Waals surface area contributed by atoms with E-state index in [0.717, 1.165) is 56.9 Å². The van der Waals surface area contributed by atoms with Crippen molar-refractivity contribution >= 4 is 11.7 Å². The largest absolute Gasteiger partial charge is 0.436 e. The number of hydrogen-bond donors (Lipinski definition) is 1. The molecular formula is C23H32N4O2. The average molecular weight is 397 g/mol. The van der Waals surface area contributed by atoms with E-state index >= 15 is 0 Å². The molecule has 1 saturated heterocycles. The third kappa shape index (κ3) is 5.92. The molecule has 1 fully saturated rings. The predicted octanol–water partition coefficient (Wildman–Crippen LogP) is 4.21. The maximum Gasteiger partial charge on any atom is 0.263 e. The van der Waals surface area contributed by atoms with Crippen LogP contribution in [0.4, 0.5) is 5.82 Å². The summed E-state index contributed by atoms with van der Waals surface area (Å²) in [6, 6.07) is 8.06. The summed E-state index contributed by atoms with van der Waals surface area (Å²) in [7, 11) is 0. The van der Waals surface area contributed by atoms with Gasteiger partial charge in [-0.05, 0) is 49.3 Å². The minimum absolute atomic E-state index is 0.0704. The topological polar surface area (TPSA) is 67.4 Å². The third-order valence-corrected chi connectivity index (χ3v) is 5.38. The fraction of sp³-hybridized carbons (Fsp3) is 0.522.